The van der Waals surface area contributed by atoms with Crippen LogP contribution in [0.15, 0.2) is 54.9 Å². The molecule has 0 saturated heterocycles. The Morgan fingerprint density at radius 1 is 1.08 bits per heavy atom. The van der Waals surface area contributed by atoms with Gasteiger partial charge in [-0.1, -0.05) is 41.9 Å². The molecule has 3 heterocycles. The number of carbonyl (C=O) groups excluding carboxylic acids is 1. The molecule has 0 aliphatic heterocycles. The first-order valence-electron chi connectivity index (χ1n) is 8.25. The Balaban J connectivity index is 2.12. The van der Waals surface area contributed by atoms with Gasteiger partial charge in [0, 0.05) is 40.4 Å². The number of aromatic nitrogens is 4. The van der Waals surface area contributed by atoms with Gasteiger partial charge in [0.25, 0.3) is 0 Å². The molecule has 0 spiro atoms. The second kappa shape index (κ2) is 6.69. The Hall–Kier alpha value is -3.05. The maximum Gasteiger partial charge on any atom is 0.159 e. The molecule has 6 heteroatoms. The molecule has 0 atom stereocenters. The van der Waals surface area contributed by atoms with Crippen molar-refractivity contribution in [2.24, 2.45) is 0 Å². The van der Waals surface area contributed by atoms with E-state index in [0.29, 0.717) is 23.0 Å². The predicted octanol–water partition coefficient (Wildman–Crippen LogP) is 4.65. The molecule has 4 rings (SSSR count). The van der Waals surface area contributed by atoms with Crippen LogP contribution in [-0.4, -0.2) is 26.0 Å². The number of benzene rings is 1. The Kier molecular flexibility index (Phi) is 4.22. The Morgan fingerprint density at radius 2 is 1.88 bits per heavy atom. The molecule has 0 saturated carbocycles. The fourth-order valence-corrected chi connectivity index (χ4v) is 3.21. The van der Waals surface area contributed by atoms with E-state index in [1.54, 1.807) is 18.5 Å². The van der Waals surface area contributed by atoms with Crippen LogP contribution < -0.4 is 0 Å². The SMILES string of the molecule is CCn1ncc2c(-c3ccc(Cl)nc3)c(C=O)c(-c3ccccc3)nc21. The summed E-state index contributed by atoms with van der Waals surface area (Å²) in [5.74, 6) is 0. The quantitative estimate of drug-likeness (QED) is 0.391. The lowest BCUT2D eigenvalue weighted by Crippen LogP contribution is -2.02. The number of fused-ring (bicyclic) bond motifs is 1. The zero-order valence-corrected chi connectivity index (χ0v) is 14.8. The molecule has 128 valence electrons. The van der Waals surface area contributed by atoms with Gasteiger partial charge in [0.05, 0.1) is 11.9 Å². The van der Waals surface area contributed by atoms with Gasteiger partial charge in [-0.2, -0.15) is 5.10 Å². The van der Waals surface area contributed by atoms with Crippen molar-refractivity contribution < 1.29 is 4.79 Å². The zero-order valence-electron chi connectivity index (χ0n) is 14.1. The van der Waals surface area contributed by atoms with E-state index >= 15 is 0 Å². The summed E-state index contributed by atoms with van der Waals surface area (Å²) >= 11 is 5.94. The molecule has 5 nitrogen and oxygen atoms in total. The van der Waals surface area contributed by atoms with Crippen molar-refractivity contribution in [3.05, 3.63) is 65.6 Å². The maximum atomic E-state index is 12.1. The van der Waals surface area contributed by atoms with Crippen molar-refractivity contribution in [2.75, 3.05) is 0 Å². The molecule has 26 heavy (non-hydrogen) atoms. The molecule has 4 aromatic rings. The minimum Gasteiger partial charge on any atom is -0.298 e. The number of aryl methyl sites for hydroxylation is 1. The minimum atomic E-state index is 0.402. The van der Waals surface area contributed by atoms with E-state index in [0.717, 1.165) is 34.0 Å². The van der Waals surface area contributed by atoms with Crippen molar-refractivity contribution in [3.63, 3.8) is 0 Å². The number of rotatable bonds is 4. The van der Waals surface area contributed by atoms with Crippen molar-refractivity contribution in [3.8, 4) is 22.4 Å². The van der Waals surface area contributed by atoms with E-state index in [1.165, 1.54) is 0 Å². The van der Waals surface area contributed by atoms with Crippen LogP contribution in [0.5, 0.6) is 0 Å². The van der Waals surface area contributed by atoms with Crippen LogP contribution in [0, 0.1) is 0 Å². The molecular formula is C20H15ClN4O. The molecule has 0 unspecified atom stereocenters. The summed E-state index contributed by atoms with van der Waals surface area (Å²) in [5, 5.41) is 5.64. The van der Waals surface area contributed by atoms with Gasteiger partial charge in [-0.05, 0) is 19.1 Å². The molecule has 1 aromatic carbocycles. The smallest absolute Gasteiger partial charge is 0.159 e. The second-order valence-corrected chi connectivity index (χ2v) is 6.19. The minimum absolute atomic E-state index is 0.402. The number of pyridine rings is 2. The number of halogens is 1. The van der Waals surface area contributed by atoms with Crippen LogP contribution in [0.1, 0.15) is 17.3 Å². The summed E-state index contributed by atoms with van der Waals surface area (Å²) in [7, 11) is 0. The van der Waals surface area contributed by atoms with Crippen LogP contribution in [0.2, 0.25) is 5.15 Å². The topological polar surface area (TPSA) is 60.7 Å². The fraction of sp³-hybridized carbons (Fsp3) is 0.100. The summed E-state index contributed by atoms with van der Waals surface area (Å²) in [4.78, 5) is 21.0. The number of aldehydes is 1. The van der Waals surface area contributed by atoms with Gasteiger partial charge >= 0.3 is 0 Å². The molecule has 0 amide bonds. The molecule has 0 aliphatic carbocycles. The largest absolute Gasteiger partial charge is 0.298 e. The van der Waals surface area contributed by atoms with Gasteiger partial charge < -0.3 is 0 Å². The number of hydrogen-bond donors (Lipinski definition) is 0. The van der Waals surface area contributed by atoms with E-state index in [1.807, 2.05) is 48.0 Å². The number of nitrogens with zero attached hydrogens (tertiary/aromatic N) is 4. The standard InChI is InChI=1S/C20H15ClN4O/c1-2-25-20-15(11-23-25)18(14-8-9-17(21)22-10-14)16(12-26)19(24-20)13-6-4-3-5-7-13/h3-12H,2H2,1H3. The number of hydrogen-bond acceptors (Lipinski definition) is 4. The van der Waals surface area contributed by atoms with Gasteiger partial charge in [-0.3, -0.25) is 4.79 Å². The van der Waals surface area contributed by atoms with Crippen LogP contribution in [0.3, 0.4) is 0 Å². The molecule has 0 bridgehead atoms. The summed E-state index contributed by atoms with van der Waals surface area (Å²) in [6.07, 6.45) is 4.27. The highest BCUT2D eigenvalue weighted by atomic mass is 35.5. The van der Waals surface area contributed by atoms with Gasteiger partial charge in [0.1, 0.15) is 5.15 Å². The fourth-order valence-electron chi connectivity index (χ4n) is 3.10. The highest BCUT2D eigenvalue weighted by Crippen LogP contribution is 2.36. The third kappa shape index (κ3) is 2.66. The molecule has 0 N–H and O–H groups in total. The normalized spacial score (nSPS) is 11.0. The zero-order chi connectivity index (χ0) is 18.1. The van der Waals surface area contributed by atoms with Gasteiger partial charge in [-0.25, -0.2) is 14.6 Å². The second-order valence-electron chi connectivity index (χ2n) is 5.80. The third-order valence-electron chi connectivity index (χ3n) is 4.30. The molecule has 0 radical (unpaired) electrons. The van der Waals surface area contributed by atoms with Crippen LogP contribution in [0.4, 0.5) is 0 Å². The van der Waals surface area contributed by atoms with Gasteiger partial charge in [-0.15, -0.1) is 0 Å². The Bertz CT molecular complexity index is 1090. The first-order chi connectivity index (χ1) is 12.7. The summed E-state index contributed by atoms with van der Waals surface area (Å²) in [5.41, 5.74) is 4.34. The van der Waals surface area contributed by atoms with E-state index in [9.17, 15) is 4.79 Å². The summed E-state index contributed by atoms with van der Waals surface area (Å²) < 4.78 is 1.82. The molecule has 3 aromatic heterocycles. The Morgan fingerprint density at radius 3 is 2.54 bits per heavy atom. The molecule has 0 fully saturated rings. The summed E-state index contributed by atoms with van der Waals surface area (Å²) in [6.45, 7) is 2.69. The Labute approximate surface area is 155 Å². The van der Waals surface area contributed by atoms with Crippen molar-refractivity contribution >= 4 is 28.9 Å². The van der Waals surface area contributed by atoms with Gasteiger partial charge in [0.2, 0.25) is 0 Å². The van der Waals surface area contributed by atoms with Crippen molar-refractivity contribution in [1.82, 2.24) is 19.7 Å². The van der Waals surface area contributed by atoms with Crippen molar-refractivity contribution in [2.45, 2.75) is 13.5 Å². The molecule has 0 aliphatic rings. The van der Waals surface area contributed by atoms with E-state index in [4.69, 9.17) is 16.6 Å². The first-order valence-corrected chi connectivity index (χ1v) is 8.62. The number of carbonyl (C=O) groups is 1. The maximum absolute atomic E-state index is 12.1. The lowest BCUT2D eigenvalue weighted by atomic mass is 9.95. The van der Waals surface area contributed by atoms with Gasteiger partial charge in [0.15, 0.2) is 11.9 Å². The third-order valence-corrected chi connectivity index (χ3v) is 4.53. The highest BCUT2D eigenvalue weighted by molar-refractivity contribution is 6.29. The molecular weight excluding hydrogens is 348 g/mol. The highest BCUT2D eigenvalue weighted by Gasteiger charge is 2.20. The lowest BCUT2D eigenvalue weighted by molar-refractivity contribution is 0.112. The van der Waals surface area contributed by atoms with E-state index < -0.39 is 0 Å². The average Bonchev–Trinajstić information content (AvgIpc) is 3.10. The summed E-state index contributed by atoms with van der Waals surface area (Å²) in [6, 6.07) is 13.2. The average molecular weight is 363 g/mol. The van der Waals surface area contributed by atoms with E-state index in [2.05, 4.69) is 10.1 Å². The predicted molar refractivity (Wildman–Crippen MR) is 102 cm³/mol. The lowest BCUT2D eigenvalue weighted by Gasteiger charge is -2.12. The van der Waals surface area contributed by atoms with Crippen molar-refractivity contribution in [1.29, 1.82) is 0 Å². The van der Waals surface area contributed by atoms with Crippen LogP contribution in [0.25, 0.3) is 33.4 Å². The van der Waals surface area contributed by atoms with E-state index in [-0.39, 0.29) is 0 Å². The van der Waals surface area contributed by atoms with Crippen LogP contribution >= 0.6 is 11.6 Å². The van der Waals surface area contributed by atoms with Crippen LogP contribution in [-0.2, 0) is 6.54 Å². The monoisotopic (exact) mass is 362 g/mol. The first kappa shape index (κ1) is 16.4.